The van der Waals surface area contributed by atoms with Crippen molar-refractivity contribution in [2.45, 2.75) is 0 Å². The second kappa shape index (κ2) is 8.20. The topological polar surface area (TPSA) is 87.1 Å². The van der Waals surface area contributed by atoms with Crippen LogP contribution in [-0.4, -0.2) is 29.2 Å². The molecule has 0 saturated carbocycles. The zero-order chi connectivity index (χ0) is 22.0. The Bertz CT molecular complexity index is 1210. The highest BCUT2D eigenvalue weighted by atomic mass is 16.5. The smallest absolute Gasteiger partial charge is 0.339 e. The number of hydrogen-bond donors (Lipinski definition) is 2. The number of phenols is 1. The number of hydrogen-bond acceptors (Lipinski definition) is 4. The highest BCUT2D eigenvalue weighted by Gasteiger charge is 2.31. The predicted molar refractivity (Wildman–Crippen MR) is 118 cm³/mol. The van der Waals surface area contributed by atoms with E-state index < -0.39 is 5.97 Å². The maximum Gasteiger partial charge on any atom is 0.339 e. The van der Waals surface area contributed by atoms with E-state index in [2.05, 4.69) is 0 Å². The summed E-state index contributed by atoms with van der Waals surface area (Å²) in [6.45, 7) is 0. The van der Waals surface area contributed by atoms with Gasteiger partial charge in [0.15, 0.2) is 0 Å². The number of ether oxygens (including phenoxy) is 1. The Morgan fingerprint density at radius 2 is 1.71 bits per heavy atom. The monoisotopic (exact) mass is 413 g/mol. The molecule has 0 bridgehead atoms. The number of carboxylic acid groups (broad SMARTS) is 1. The summed E-state index contributed by atoms with van der Waals surface area (Å²) in [6.07, 6.45) is 3.54. The summed E-state index contributed by atoms with van der Waals surface area (Å²) in [5.41, 5.74) is 2.78. The molecule has 31 heavy (non-hydrogen) atoms. The Hall–Kier alpha value is -4.32. The van der Waals surface area contributed by atoms with E-state index >= 15 is 0 Å². The Balaban J connectivity index is 1.81. The Morgan fingerprint density at radius 1 is 1.00 bits per heavy atom. The van der Waals surface area contributed by atoms with Crippen molar-refractivity contribution in [2.75, 3.05) is 12.0 Å². The van der Waals surface area contributed by atoms with Crippen molar-refractivity contribution in [3.05, 3.63) is 101 Å². The number of nitrogens with zero attached hydrogens (tertiary/aromatic N) is 1. The summed E-state index contributed by atoms with van der Waals surface area (Å²) in [4.78, 5) is 26.3. The van der Waals surface area contributed by atoms with Crippen LogP contribution in [-0.2, 0) is 4.79 Å². The molecule has 154 valence electrons. The summed E-state index contributed by atoms with van der Waals surface area (Å²) < 4.78 is 5.17. The lowest BCUT2D eigenvalue weighted by atomic mass is 10.1. The van der Waals surface area contributed by atoms with E-state index in [-0.39, 0.29) is 17.2 Å². The van der Waals surface area contributed by atoms with Crippen LogP contribution in [0.4, 0.5) is 5.69 Å². The number of rotatable bonds is 5. The maximum atomic E-state index is 13.4. The minimum Gasteiger partial charge on any atom is -0.507 e. The molecule has 0 fully saturated rings. The number of benzene rings is 3. The molecule has 0 spiro atoms. The second-order valence-corrected chi connectivity index (χ2v) is 6.92. The first-order valence-electron chi connectivity index (χ1n) is 9.51. The van der Waals surface area contributed by atoms with Gasteiger partial charge in [-0.05, 0) is 53.6 Å². The van der Waals surface area contributed by atoms with Gasteiger partial charge in [-0.3, -0.25) is 9.69 Å². The molecule has 1 aliphatic rings. The van der Waals surface area contributed by atoms with Gasteiger partial charge in [-0.1, -0.05) is 42.5 Å². The maximum absolute atomic E-state index is 13.4. The summed E-state index contributed by atoms with van der Waals surface area (Å²) in [7, 11) is 1.59. The van der Waals surface area contributed by atoms with Gasteiger partial charge in [-0.25, -0.2) is 4.79 Å². The van der Waals surface area contributed by atoms with Gasteiger partial charge in [0.25, 0.3) is 5.91 Å². The average molecular weight is 413 g/mol. The van der Waals surface area contributed by atoms with Crippen molar-refractivity contribution in [1.82, 2.24) is 0 Å². The Morgan fingerprint density at radius 3 is 2.35 bits per heavy atom. The molecular weight excluding hydrogens is 394 g/mol. The van der Waals surface area contributed by atoms with Crippen LogP contribution < -0.4 is 9.64 Å². The fraction of sp³-hybridized carbons (Fsp3) is 0.0400. The van der Waals surface area contributed by atoms with E-state index in [9.17, 15) is 19.8 Å². The summed E-state index contributed by atoms with van der Waals surface area (Å²) in [5.74, 6) is -1.21. The van der Waals surface area contributed by atoms with Crippen LogP contribution in [0.25, 0.3) is 11.8 Å². The first kappa shape index (κ1) is 20.0. The molecule has 2 N–H and O–H groups in total. The van der Waals surface area contributed by atoms with Crippen LogP contribution in [0.1, 0.15) is 21.5 Å². The lowest BCUT2D eigenvalue weighted by Gasteiger charge is -2.21. The first-order chi connectivity index (χ1) is 15.0. The number of aromatic carboxylic acids is 1. The lowest BCUT2D eigenvalue weighted by molar-refractivity contribution is -0.113. The Kier molecular flexibility index (Phi) is 5.28. The van der Waals surface area contributed by atoms with Crippen molar-refractivity contribution >= 4 is 29.3 Å². The van der Waals surface area contributed by atoms with E-state index in [0.29, 0.717) is 22.7 Å². The largest absolute Gasteiger partial charge is 0.507 e. The number of carbonyl (C=O) groups excluding carboxylic acids is 1. The fourth-order valence-electron chi connectivity index (χ4n) is 3.41. The fourth-order valence-corrected chi connectivity index (χ4v) is 3.41. The summed E-state index contributed by atoms with van der Waals surface area (Å²) in [5, 5.41) is 19.2. The van der Waals surface area contributed by atoms with Gasteiger partial charge < -0.3 is 14.9 Å². The molecule has 3 aromatic carbocycles. The van der Waals surface area contributed by atoms with Gasteiger partial charge in [-0.15, -0.1) is 0 Å². The van der Waals surface area contributed by atoms with Crippen molar-refractivity contribution in [2.24, 2.45) is 0 Å². The summed E-state index contributed by atoms with van der Waals surface area (Å²) in [6, 6.07) is 20.8. The number of amides is 1. The molecule has 1 heterocycles. The van der Waals surface area contributed by atoms with E-state index in [1.807, 2.05) is 54.6 Å². The zero-order valence-corrected chi connectivity index (χ0v) is 16.6. The molecule has 3 aromatic rings. The highest BCUT2D eigenvalue weighted by Crippen LogP contribution is 2.37. The third-order valence-electron chi connectivity index (χ3n) is 4.96. The molecule has 6 nitrogen and oxygen atoms in total. The van der Waals surface area contributed by atoms with Crippen LogP contribution in [0.2, 0.25) is 0 Å². The minimum absolute atomic E-state index is 0.273. The molecule has 0 aromatic heterocycles. The second-order valence-electron chi connectivity index (χ2n) is 6.92. The molecule has 1 aliphatic heterocycles. The van der Waals surface area contributed by atoms with Crippen molar-refractivity contribution in [1.29, 1.82) is 0 Å². The molecule has 0 aliphatic carbocycles. The standard InChI is InChI=1S/C25H19NO5/c1-31-20-10-7-16(8-11-20)13-18-14-22(17-5-3-2-4-6-17)26(24(18)28)19-9-12-23(27)21(15-19)25(29)30/h2-15,27H,1H3,(H,29,30). The molecular formula is C25H19NO5. The van der Waals surface area contributed by atoms with E-state index in [0.717, 1.165) is 11.1 Å². The van der Waals surface area contributed by atoms with Crippen LogP contribution in [0.15, 0.2) is 84.4 Å². The van der Waals surface area contributed by atoms with Crippen molar-refractivity contribution < 1.29 is 24.5 Å². The van der Waals surface area contributed by atoms with Gasteiger partial charge in [0.2, 0.25) is 0 Å². The first-order valence-corrected chi connectivity index (χ1v) is 9.51. The van der Waals surface area contributed by atoms with Gasteiger partial charge in [-0.2, -0.15) is 0 Å². The van der Waals surface area contributed by atoms with Gasteiger partial charge >= 0.3 is 5.97 Å². The molecule has 0 radical (unpaired) electrons. The van der Waals surface area contributed by atoms with Crippen LogP contribution >= 0.6 is 0 Å². The molecule has 1 amide bonds. The molecule has 0 saturated heterocycles. The Labute approximate surface area is 179 Å². The normalized spacial score (nSPS) is 14.6. The number of methoxy groups -OCH3 is 1. The number of anilines is 1. The molecule has 6 heteroatoms. The SMILES string of the molecule is COc1ccc(C=C2C=C(c3ccccc3)N(c3ccc(O)c(C(=O)O)c3)C2=O)cc1. The van der Waals surface area contributed by atoms with Crippen molar-refractivity contribution in [3.63, 3.8) is 0 Å². The zero-order valence-electron chi connectivity index (χ0n) is 16.6. The quantitative estimate of drug-likeness (QED) is 0.599. The summed E-state index contributed by atoms with van der Waals surface area (Å²) >= 11 is 0. The lowest BCUT2D eigenvalue weighted by Crippen LogP contribution is -2.25. The highest BCUT2D eigenvalue weighted by molar-refractivity contribution is 6.23. The number of aromatic hydroxyl groups is 1. The van der Waals surface area contributed by atoms with Crippen molar-refractivity contribution in [3.8, 4) is 11.5 Å². The third-order valence-corrected chi connectivity index (χ3v) is 4.96. The predicted octanol–water partition coefficient (Wildman–Crippen LogP) is 4.57. The minimum atomic E-state index is -1.27. The van der Waals surface area contributed by atoms with E-state index in [4.69, 9.17) is 4.74 Å². The van der Waals surface area contributed by atoms with Crippen LogP contribution in [0, 0.1) is 0 Å². The average Bonchev–Trinajstić information content (AvgIpc) is 3.11. The molecule has 0 unspecified atom stereocenters. The third kappa shape index (κ3) is 3.91. The number of carboxylic acids is 1. The van der Waals surface area contributed by atoms with E-state index in [1.165, 1.54) is 23.1 Å². The molecule has 4 rings (SSSR count). The number of carbonyl (C=O) groups is 2. The van der Waals surface area contributed by atoms with Gasteiger partial charge in [0.05, 0.1) is 18.5 Å². The van der Waals surface area contributed by atoms with Crippen LogP contribution in [0.3, 0.4) is 0 Å². The molecule has 0 atom stereocenters. The van der Waals surface area contributed by atoms with E-state index in [1.54, 1.807) is 19.3 Å². The van der Waals surface area contributed by atoms with Gasteiger partial charge in [0.1, 0.15) is 17.1 Å². The van der Waals surface area contributed by atoms with Gasteiger partial charge in [0, 0.05) is 5.57 Å². The van der Waals surface area contributed by atoms with Crippen LogP contribution in [0.5, 0.6) is 11.5 Å².